The summed E-state index contributed by atoms with van der Waals surface area (Å²) in [5.41, 5.74) is 4.18. The van der Waals surface area contributed by atoms with Gasteiger partial charge in [0, 0.05) is 10.6 Å². The summed E-state index contributed by atoms with van der Waals surface area (Å²) < 4.78 is 5.12. The summed E-state index contributed by atoms with van der Waals surface area (Å²) in [6, 6.07) is 10.9. The van der Waals surface area contributed by atoms with E-state index in [-0.39, 0.29) is 23.7 Å². The van der Waals surface area contributed by atoms with Gasteiger partial charge in [-0.2, -0.15) is 0 Å². The molecule has 0 bridgehead atoms. The number of benzene rings is 2. The summed E-state index contributed by atoms with van der Waals surface area (Å²) in [6.07, 6.45) is 3.25. The Morgan fingerprint density at radius 2 is 2.00 bits per heavy atom. The van der Waals surface area contributed by atoms with Crippen LogP contribution in [0.25, 0.3) is 0 Å². The van der Waals surface area contributed by atoms with Crippen LogP contribution in [0.5, 0.6) is 0 Å². The van der Waals surface area contributed by atoms with E-state index in [9.17, 15) is 14.4 Å². The van der Waals surface area contributed by atoms with Crippen LogP contribution in [0, 0.1) is 0 Å². The second-order valence-electron chi connectivity index (χ2n) is 6.92. The third-order valence-corrected chi connectivity index (χ3v) is 6.04. The molecule has 0 saturated carbocycles. The molecule has 7 heteroatoms. The van der Waals surface area contributed by atoms with Crippen molar-refractivity contribution < 1.29 is 19.1 Å². The van der Waals surface area contributed by atoms with Crippen molar-refractivity contribution in [2.24, 2.45) is 0 Å². The smallest absolute Gasteiger partial charge is 0.338 e. The van der Waals surface area contributed by atoms with Gasteiger partial charge in [-0.1, -0.05) is 6.07 Å². The van der Waals surface area contributed by atoms with Gasteiger partial charge in [-0.25, -0.2) is 4.79 Å². The van der Waals surface area contributed by atoms with Crippen LogP contribution in [-0.2, 0) is 27.2 Å². The Morgan fingerprint density at radius 1 is 1.18 bits per heavy atom. The van der Waals surface area contributed by atoms with Crippen LogP contribution >= 0.6 is 11.8 Å². The number of aryl methyl sites for hydroxylation is 2. The van der Waals surface area contributed by atoms with E-state index in [1.54, 1.807) is 18.2 Å². The summed E-state index contributed by atoms with van der Waals surface area (Å²) >= 11 is 1.44. The van der Waals surface area contributed by atoms with E-state index in [0.29, 0.717) is 16.9 Å². The molecule has 1 atom stereocenters. The molecule has 1 unspecified atom stereocenters. The van der Waals surface area contributed by atoms with Crippen LogP contribution in [0.15, 0.2) is 41.3 Å². The minimum Gasteiger partial charge on any atom is -0.452 e. The molecular formula is C21H20N2O4S. The lowest BCUT2D eigenvalue weighted by molar-refractivity contribution is -0.119. The van der Waals surface area contributed by atoms with E-state index in [1.165, 1.54) is 22.9 Å². The maximum atomic E-state index is 12.3. The highest BCUT2D eigenvalue weighted by Gasteiger charge is 2.24. The van der Waals surface area contributed by atoms with Crippen molar-refractivity contribution in [2.45, 2.75) is 36.3 Å². The van der Waals surface area contributed by atoms with Crippen LogP contribution in [0.4, 0.5) is 11.4 Å². The van der Waals surface area contributed by atoms with Crippen LogP contribution in [-0.4, -0.2) is 29.6 Å². The Hall–Kier alpha value is -2.80. The molecule has 2 N–H and O–H groups in total. The monoisotopic (exact) mass is 396 g/mol. The molecule has 28 heavy (non-hydrogen) atoms. The molecule has 0 spiro atoms. The highest BCUT2D eigenvalue weighted by molar-refractivity contribution is 8.00. The first kappa shape index (κ1) is 18.6. The topological polar surface area (TPSA) is 84.5 Å². The van der Waals surface area contributed by atoms with Gasteiger partial charge in [-0.3, -0.25) is 9.59 Å². The quantitative estimate of drug-likeness (QED) is 0.774. The predicted octanol–water partition coefficient (Wildman–Crippen LogP) is 3.40. The largest absolute Gasteiger partial charge is 0.452 e. The Kier molecular flexibility index (Phi) is 5.09. The number of amides is 2. The number of nitrogens with one attached hydrogen (secondary N) is 2. The zero-order valence-corrected chi connectivity index (χ0v) is 16.2. The van der Waals surface area contributed by atoms with Gasteiger partial charge in [0.1, 0.15) is 0 Å². The number of esters is 1. The summed E-state index contributed by atoms with van der Waals surface area (Å²) in [4.78, 5) is 37.1. The van der Waals surface area contributed by atoms with Crippen molar-refractivity contribution in [1.82, 2.24) is 0 Å². The highest BCUT2D eigenvalue weighted by atomic mass is 32.2. The Morgan fingerprint density at radius 3 is 2.86 bits per heavy atom. The molecule has 2 aromatic carbocycles. The number of fused-ring (bicyclic) bond motifs is 2. The summed E-state index contributed by atoms with van der Waals surface area (Å²) in [5.74, 6) is -1.09. The molecule has 6 nitrogen and oxygen atoms in total. The highest BCUT2D eigenvalue weighted by Crippen LogP contribution is 2.36. The van der Waals surface area contributed by atoms with Gasteiger partial charge in [-0.05, 0) is 67.6 Å². The lowest BCUT2D eigenvalue weighted by atomic mass is 10.1. The number of carbonyl (C=O) groups excluding carboxylic acids is 3. The average molecular weight is 396 g/mol. The molecule has 1 heterocycles. The molecule has 144 valence electrons. The fraction of sp³-hybridized carbons (Fsp3) is 0.286. The van der Waals surface area contributed by atoms with Gasteiger partial charge in [0.05, 0.1) is 16.5 Å². The average Bonchev–Trinajstić information content (AvgIpc) is 3.14. The van der Waals surface area contributed by atoms with Crippen molar-refractivity contribution in [3.8, 4) is 0 Å². The molecule has 0 aromatic heterocycles. The number of rotatable bonds is 4. The van der Waals surface area contributed by atoms with Crippen LogP contribution in [0.1, 0.15) is 34.8 Å². The van der Waals surface area contributed by atoms with Crippen molar-refractivity contribution in [2.75, 3.05) is 17.2 Å². The third-order valence-electron chi connectivity index (χ3n) is 4.86. The van der Waals surface area contributed by atoms with E-state index >= 15 is 0 Å². The van der Waals surface area contributed by atoms with Gasteiger partial charge in [0.2, 0.25) is 5.91 Å². The molecule has 2 aliphatic rings. The lowest BCUT2D eigenvalue weighted by Gasteiger charge is -2.21. The first-order valence-corrected chi connectivity index (χ1v) is 10.1. The van der Waals surface area contributed by atoms with Crippen LogP contribution in [0.3, 0.4) is 0 Å². The Bertz CT molecular complexity index is 973. The lowest BCUT2D eigenvalue weighted by Crippen LogP contribution is -2.26. The first-order valence-electron chi connectivity index (χ1n) is 9.20. The van der Waals surface area contributed by atoms with Gasteiger partial charge >= 0.3 is 5.97 Å². The molecule has 2 aromatic rings. The number of anilines is 2. The minimum atomic E-state index is -0.607. The first-order chi connectivity index (χ1) is 13.5. The van der Waals surface area contributed by atoms with E-state index in [1.807, 2.05) is 25.1 Å². The van der Waals surface area contributed by atoms with Crippen molar-refractivity contribution in [3.63, 3.8) is 0 Å². The molecule has 1 aliphatic heterocycles. The fourth-order valence-electron chi connectivity index (χ4n) is 3.40. The van der Waals surface area contributed by atoms with E-state index in [2.05, 4.69) is 10.6 Å². The maximum absolute atomic E-state index is 12.3. The Labute approximate surface area is 167 Å². The molecule has 0 radical (unpaired) electrons. The number of hydrogen-bond donors (Lipinski definition) is 2. The second kappa shape index (κ2) is 7.67. The fourth-order valence-corrected chi connectivity index (χ4v) is 4.33. The van der Waals surface area contributed by atoms with Crippen molar-refractivity contribution >= 4 is 40.9 Å². The van der Waals surface area contributed by atoms with Crippen LogP contribution < -0.4 is 10.6 Å². The number of carbonyl (C=O) groups is 3. The molecule has 1 aliphatic carbocycles. The van der Waals surface area contributed by atoms with E-state index in [0.717, 1.165) is 24.2 Å². The molecule has 0 saturated heterocycles. The summed E-state index contributed by atoms with van der Waals surface area (Å²) in [6.45, 7) is 1.45. The zero-order valence-electron chi connectivity index (χ0n) is 15.4. The zero-order chi connectivity index (χ0) is 19.7. The Balaban J connectivity index is 1.35. The normalized spacial score (nSPS) is 17.3. The van der Waals surface area contributed by atoms with Crippen LogP contribution in [0.2, 0.25) is 0 Å². The third kappa shape index (κ3) is 3.89. The standard InChI is InChI=1S/C21H20N2O4S/c1-12-20(25)23-17-10-15(6-8-18(17)28-12)21(26)27-11-19(24)22-16-7-5-13-3-2-4-14(13)9-16/h5-10,12H,2-4,11H2,1H3,(H,22,24)(H,23,25). The number of ether oxygens (including phenoxy) is 1. The van der Waals surface area contributed by atoms with E-state index in [4.69, 9.17) is 4.74 Å². The second-order valence-corrected chi connectivity index (χ2v) is 8.30. The minimum absolute atomic E-state index is 0.100. The van der Waals surface area contributed by atoms with Gasteiger partial charge in [0.15, 0.2) is 6.61 Å². The molecule has 2 amide bonds. The number of thioether (sulfide) groups is 1. The van der Waals surface area contributed by atoms with Crippen molar-refractivity contribution in [3.05, 3.63) is 53.1 Å². The van der Waals surface area contributed by atoms with Gasteiger partial charge in [-0.15, -0.1) is 11.8 Å². The summed E-state index contributed by atoms with van der Waals surface area (Å²) in [5, 5.41) is 5.37. The summed E-state index contributed by atoms with van der Waals surface area (Å²) in [7, 11) is 0. The van der Waals surface area contributed by atoms with Crippen molar-refractivity contribution in [1.29, 1.82) is 0 Å². The predicted molar refractivity (Wildman–Crippen MR) is 108 cm³/mol. The van der Waals surface area contributed by atoms with E-state index < -0.39 is 5.97 Å². The van der Waals surface area contributed by atoms with Gasteiger partial charge < -0.3 is 15.4 Å². The number of hydrogen-bond acceptors (Lipinski definition) is 5. The molecule has 4 rings (SSSR count). The SMILES string of the molecule is CC1Sc2ccc(C(=O)OCC(=O)Nc3ccc4c(c3)CCC4)cc2NC1=O. The molecule has 0 fully saturated rings. The maximum Gasteiger partial charge on any atom is 0.338 e. The van der Waals surface area contributed by atoms with Gasteiger partial charge in [0.25, 0.3) is 5.91 Å². The molecular weight excluding hydrogens is 376 g/mol.